The fraction of sp³-hybridized carbons (Fsp3) is 0.375. The number of aromatic amines is 1. The zero-order chi connectivity index (χ0) is 26.3. The van der Waals surface area contributed by atoms with Gasteiger partial charge in [0.05, 0.1) is 16.5 Å². The highest BCUT2D eigenvalue weighted by Gasteiger charge is 2.53. The molecule has 4 rings (SSSR count). The average Bonchev–Trinajstić information content (AvgIpc) is 3.42. The number of halogens is 4. The van der Waals surface area contributed by atoms with Gasteiger partial charge in [0.15, 0.2) is 5.82 Å². The molecule has 8 nitrogen and oxygen atoms in total. The van der Waals surface area contributed by atoms with E-state index in [0.29, 0.717) is 29.4 Å². The van der Waals surface area contributed by atoms with Crippen LogP contribution in [-0.4, -0.2) is 50.9 Å². The number of nitrogens with zero attached hydrogens (tertiary/aromatic N) is 4. The molecule has 0 saturated heterocycles. The lowest BCUT2D eigenvalue weighted by atomic mass is 9.93. The molecule has 1 aliphatic carbocycles. The van der Waals surface area contributed by atoms with Gasteiger partial charge < -0.3 is 10.2 Å². The molecule has 2 aromatic carbocycles. The lowest BCUT2D eigenvalue weighted by Crippen LogP contribution is -2.31. The Labute approximate surface area is 204 Å². The number of benzene rings is 2. The van der Waals surface area contributed by atoms with Crippen molar-refractivity contribution in [1.82, 2.24) is 25.5 Å². The third kappa shape index (κ3) is 4.93. The Hall–Kier alpha value is -3.83. The highest BCUT2D eigenvalue weighted by Crippen LogP contribution is 2.50. The number of anilines is 1. The van der Waals surface area contributed by atoms with E-state index in [-0.39, 0.29) is 36.1 Å². The molecule has 0 radical (unpaired) electrons. The van der Waals surface area contributed by atoms with Crippen LogP contribution in [0.3, 0.4) is 0 Å². The average molecular weight is 504 g/mol. The Balaban J connectivity index is 1.62. The highest BCUT2D eigenvalue weighted by molar-refractivity contribution is 6.04. The molecule has 1 fully saturated rings. The molecule has 1 aromatic heterocycles. The first-order chi connectivity index (χ1) is 16.9. The third-order valence-electron chi connectivity index (χ3n) is 6.09. The first kappa shape index (κ1) is 25.3. The number of hydrogen-bond acceptors (Lipinski definition) is 5. The van der Waals surface area contributed by atoms with Crippen molar-refractivity contribution in [3.05, 3.63) is 58.9 Å². The number of nitrogens with one attached hydrogen (secondary N) is 2. The standard InChI is InChI=1S/C24H24F4N6O2/c1-13(2)12-34(3)21(35)16-6-5-15(11-17(16)20-30-32-33-31-20)29-22(36)23(8-9-23)18-7-4-14(10-19(18)25)24(26,27)28/h4-7,10-11,13H,8-9,12H2,1-3H3,(H,29,36)(H,30,31,32,33). The monoisotopic (exact) mass is 504 g/mol. The summed E-state index contributed by atoms with van der Waals surface area (Å²) < 4.78 is 53.4. The molecule has 2 amide bonds. The predicted molar refractivity (Wildman–Crippen MR) is 122 cm³/mol. The minimum atomic E-state index is -4.69. The van der Waals surface area contributed by atoms with Crippen molar-refractivity contribution in [2.75, 3.05) is 18.9 Å². The number of carbonyl (C=O) groups excluding carboxylic acids is 2. The van der Waals surface area contributed by atoms with Crippen LogP contribution in [0.15, 0.2) is 36.4 Å². The Morgan fingerprint density at radius 2 is 1.89 bits per heavy atom. The maximum absolute atomic E-state index is 14.6. The van der Waals surface area contributed by atoms with E-state index in [4.69, 9.17) is 0 Å². The van der Waals surface area contributed by atoms with Gasteiger partial charge in [-0.15, -0.1) is 5.10 Å². The van der Waals surface area contributed by atoms with Crippen LogP contribution >= 0.6 is 0 Å². The molecular formula is C24H24F4N6O2. The molecule has 1 saturated carbocycles. The van der Waals surface area contributed by atoms with Crippen LogP contribution in [0.25, 0.3) is 11.4 Å². The van der Waals surface area contributed by atoms with Crippen LogP contribution in [0.1, 0.15) is 48.2 Å². The van der Waals surface area contributed by atoms with Crippen molar-refractivity contribution in [2.45, 2.75) is 38.3 Å². The molecule has 0 aliphatic heterocycles. The second-order valence-corrected chi connectivity index (χ2v) is 9.32. The van der Waals surface area contributed by atoms with Gasteiger partial charge in [-0.05, 0) is 59.5 Å². The van der Waals surface area contributed by atoms with Gasteiger partial charge in [0.2, 0.25) is 5.91 Å². The number of amides is 2. The van der Waals surface area contributed by atoms with E-state index >= 15 is 0 Å². The van der Waals surface area contributed by atoms with Crippen molar-refractivity contribution in [3.8, 4) is 11.4 Å². The second kappa shape index (κ2) is 9.32. The number of carbonyl (C=O) groups is 2. The minimum Gasteiger partial charge on any atom is -0.341 e. The van der Waals surface area contributed by atoms with Crippen LogP contribution in [0, 0.1) is 11.7 Å². The van der Waals surface area contributed by atoms with E-state index < -0.39 is 28.9 Å². The molecule has 0 atom stereocenters. The minimum absolute atomic E-state index is 0.0882. The van der Waals surface area contributed by atoms with Crippen molar-refractivity contribution >= 4 is 17.5 Å². The molecule has 1 heterocycles. The van der Waals surface area contributed by atoms with Gasteiger partial charge in [-0.25, -0.2) is 9.49 Å². The molecule has 0 unspecified atom stereocenters. The Bertz CT molecular complexity index is 1290. The van der Waals surface area contributed by atoms with Crippen LogP contribution in [0.4, 0.5) is 23.2 Å². The van der Waals surface area contributed by atoms with Gasteiger partial charge in [0.1, 0.15) is 5.82 Å². The first-order valence-corrected chi connectivity index (χ1v) is 11.2. The SMILES string of the molecule is CC(C)CN(C)C(=O)c1ccc(NC(=O)C2(c3ccc(C(F)(F)F)cc3F)CC2)cc1-c1nnn[nH]1. The molecule has 3 aromatic rings. The van der Waals surface area contributed by atoms with E-state index in [2.05, 4.69) is 25.9 Å². The summed E-state index contributed by atoms with van der Waals surface area (Å²) in [6, 6.07) is 6.78. The number of tetrazole rings is 1. The van der Waals surface area contributed by atoms with E-state index in [9.17, 15) is 27.2 Å². The number of hydrogen-bond donors (Lipinski definition) is 2. The zero-order valence-electron chi connectivity index (χ0n) is 19.8. The topological polar surface area (TPSA) is 104 Å². The fourth-order valence-corrected chi connectivity index (χ4v) is 4.19. The van der Waals surface area contributed by atoms with E-state index in [0.717, 1.165) is 12.1 Å². The summed E-state index contributed by atoms with van der Waals surface area (Å²) in [6.45, 7) is 4.49. The maximum atomic E-state index is 14.6. The van der Waals surface area contributed by atoms with Crippen LogP contribution in [0.2, 0.25) is 0 Å². The number of H-pyrrole nitrogens is 1. The lowest BCUT2D eigenvalue weighted by Gasteiger charge is -2.21. The van der Waals surface area contributed by atoms with Gasteiger partial charge in [0, 0.05) is 30.4 Å². The largest absolute Gasteiger partial charge is 0.416 e. The number of alkyl halides is 3. The molecule has 2 N–H and O–H groups in total. The summed E-state index contributed by atoms with van der Waals surface area (Å²) in [7, 11) is 1.68. The Morgan fingerprint density at radius 1 is 1.17 bits per heavy atom. The molecule has 12 heteroatoms. The summed E-state index contributed by atoms with van der Waals surface area (Å²) in [4.78, 5) is 27.8. The normalized spacial score (nSPS) is 14.6. The Kier molecular flexibility index (Phi) is 6.54. The second-order valence-electron chi connectivity index (χ2n) is 9.32. The van der Waals surface area contributed by atoms with Gasteiger partial charge in [-0.2, -0.15) is 13.2 Å². The van der Waals surface area contributed by atoms with Gasteiger partial charge in [0.25, 0.3) is 5.91 Å². The Morgan fingerprint density at radius 3 is 2.44 bits per heavy atom. The van der Waals surface area contributed by atoms with E-state index in [1.807, 2.05) is 13.8 Å². The molecular weight excluding hydrogens is 480 g/mol. The molecule has 1 aliphatic rings. The quantitative estimate of drug-likeness (QED) is 0.464. The molecule has 0 spiro atoms. The van der Waals surface area contributed by atoms with Crippen molar-refractivity contribution in [1.29, 1.82) is 0 Å². The van der Waals surface area contributed by atoms with Crippen LogP contribution < -0.4 is 5.32 Å². The van der Waals surface area contributed by atoms with Gasteiger partial charge in [-0.1, -0.05) is 19.9 Å². The van der Waals surface area contributed by atoms with Gasteiger partial charge in [-0.3, -0.25) is 9.59 Å². The summed E-state index contributed by atoms with van der Waals surface area (Å²) in [5, 5.41) is 16.3. The summed E-state index contributed by atoms with van der Waals surface area (Å²) in [5.41, 5.74) is -1.52. The summed E-state index contributed by atoms with van der Waals surface area (Å²) in [6.07, 6.45) is -4.11. The van der Waals surface area contributed by atoms with Crippen molar-refractivity contribution in [3.63, 3.8) is 0 Å². The van der Waals surface area contributed by atoms with E-state index in [1.54, 1.807) is 11.9 Å². The summed E-state index contributed by atoms with van der Waals surface area (Å²) >= 11 is 0. The van der Waals surface area contributed by atoms with Crippen molar-refractivity contribution < 1.29 is 27.2 Å². The zero-order valence-corrected chi connectivity index (χ0v) is 19.8. The molecule has 36 heavy (non-hydrogen) atoms. The van der Waals surface area contributed by atoms with E-state index in [1.165, 1.54) is 18.2 Å². The molecule has 0 bridgehead atoms. The third-order valence-corrected chi connectivity index (χ3v) is 6.09. The number of rotatable bonds is 7. The van der Waals surface area contributed by atoms with Crippen LogP contribution in [-0.2, 0) is 16.4 Å². The highest BCUT2D eigenvalue weighted by atomic mass is 19.4. The lowest BCUT2D eigenvalue weighted by molar-refractivity contribution is -0.137. The van der Waals surface area contributed by atoms with Crippen molar-refractivity contribution in [2.24, 2.45) is 5.92 Å². The summed E-state index contributed by atoms with van der Waals surface area (Å²) in [5.74, 6) is -1.45. The fourth-order valence-electron chi connectivity index (χ4n) is 4.19. The van der Waals surface area contributed by atoms with Gasteiger partial charge >= 0.3 is 6.18 Å². The number of aromatic nitrogens is 4. The molecule has 190 valence electrons. The predicted octanol–water partition coefficient (Wildman–Crippen LogP) is 4.42. The first-order valence-electron chi connectivity index (χ1n) is 11.2. The smallest absolute Gasteiger partial charge is 0.341 e. The van der Waals surface area contributed by atoms with Crippen LogP contribution in [0.5, 0.6) is 0 Å². The maximum Gasteiger partial charge on any atom is 0.416 e.